The second kappa shape index (κ2) is 5.37. The maximum atomic E-state index is 13.7. The molecule has 1 aromatic heterocycles. The van der Waals surface area contributed by atoms with Crippen molar-refractivity contribution in [3.8, 4) is 0 Å². The van der Waals surface area contributed by atoms with E-state index in [2.05, 4.69) is 4.98 Å². The van der Waals surface area contributed by atoms with E-state index < -0.39 is 36.1 Å². The van der Waals surface area contributed by atoms with Crippen LogP contribution in [0.5, 0.6) is 0 Å². The monoisotopic (exact) mass is 340 g/mol. The highest BCUT2D eigenvalue weighted by Gasteiger charge is 2.72. The number of ether oxygens (including phenoxy) is 1. The molecule has 7 heteroatoms. The van der Waals surface area contributed by atoms with Crippen LogP contribution in [0, 0.1) is 0 Å². The minimum absolute atomic E-state index is 0.194. The van der Waals surface area contributed by atoms with Crippen LogP contribution >= 0.6 is 0 Å². The molecule has 2 heterocycles. The first-order valence-electron chi connectivity index (χ1n) is 8.09. The topological polar surface area (TPSA) is 62.7 Å². The Balaban J connectivity index is 1.90. The summed E-state index contributed by atoms with van der Waals surface area (Å²) in [5, 5.41) is 9.41. The molecule has 1 aliphatic carbocycles. The predicted octanol–water partition coefficient (Wildman–Crippen LogP) is 3.04. The van der Waals surface area contributed by atoms with Crippen LogP contribution in [0.1, 0.15) is 45.0 Å². The summed E-state index contributed by atoms with van der Waals surface area (Å²) >= 11 is 0. The number of rotatable bonds is 2. The van der Waals surface area contributed by atoms with Crippen molar-refractivity contribution in [1.82, 2.24) is 4.98 Å². The van der Waals surface area contributed by atoms with Gasteiger partial charge in [-0.1, -0.05) is 0 Å². The van der Waals surface area contributed by atoms with Crippen molar-refractivity contribution >= 4 is 11.8 Å². The average Bonchev–Trinajstić information content (AvgIpc) is 3.07. The Labute approximate surface area is 139 Å². The van der Waals surface area contributed by atoms with E-state index in [1.54, 1.807) is 26.8 Å². The van der Waals surface area contributed by atoms with E-state index >= 15 is 0 Å². The van der Waals surface area contributed by atoms with Crippen molar-refractivity contribution in [3.05, 3.63) is 23.5 Å². The van der Waals surface area contributed by atoms with Gasteiger partial charge in [0.15, 0.2) is 0 Å². The summed E-state index contributed by atoms with van der Waals surface area (Å²) in [6.07, 6.45) is 0.436. The molecule has 2 aliphatic rings. The van der Waals surface area contributed by atoms with Crippen molar-refractivity contribution < 1.29 is 23.4 Å². The van der Waals surface area contributed by atoms with Crippen LogP contribution in [0.15, 0.2) is 12.1 Å². The number of anilines is 1. The second-order valence-electron chi connectivity index (χ2n) is 7.52. The van der Waals surface area contributed by atoms with Crippen LogP contribution in [0.2, 0.25) is 0 Å². The molecule has 1 atom stereocenters. The van der Waals surface area contributed by atoms with Gasteiger partial charge >= 0.3 is 6.09 Å². The van der Waals surface area contributed by atoms with Gasteiger partial charge in [-0.25, -0.2) is 13.6 Å². The van der Waals surface area contributed by atoms with Crippen LogP contribution in [0.25, 0.3) is 0 Å². The molecule has 0 bridgehead atoms. The van der Waals surface area contributed by atoms with E-state index in [-0.39, 0.29) is 5.69 Å². The Bertz CT molecular complexity index is 672. The van der Waals surface area contributed by atoms with E-state index in [0.29, 0.717) is 30.8 Å². The Kier molecular flexibility index (Phi) is 3.82. The number of carbonyl (C=O) groups is 1. The van der Waals surface area contributed by atoms with E-state index in [1.165, 1.54) is 11.0 Å². The van der Waals surface area contributed by atoms with Crippen LogP contribution in [0.3, 0.4) is 0 Å². The summed E-state index contributed by atoms with van der Waals surface area (Å²) in [5.74, 6) is -2.93. The molecule has 5 nitrogen and oxygen atoms in total. The van der Waals surface area contributed by atoms with E-state index in [1.807, 2.05) is 0 Å². The Hall–Kier alpha value is -1.76. The van der Waals surface area contributed by atoms with Crippen molar-refractivity contribution in [2.45, 2.75) is 57.0 Å². The van der Waals surface area contributed by atoms with E-state index in [9.17, 15) is 18.7 Å². The van der Waals surface area contributed by atoms with Crippen LogP contribution in [-0.4, -0.2) is 40.9 Å². The molecule has 132 valence electrons. The van der Waals surface area contributed by atoms with Gasteiger partial charge in [0.1, 0.15) is 11.0 Å². The number of pyridine rings is 1. The highest BCUT2D eigenvalue weighted by atomic mass is 19.3. The number of aromatic nitrogens is 1. The number of hydrogen-bond donors (Lipinski definition) is 1. The fourth-order valence-electron chi connectivity index (χ4n) is 3.09. The molecule has 3 rings (SSSR count). The van der Waals surface area contributed by atoms with Crippen molar-refractivity contribution in [2.75, 3.05) is 18.1 Å². The number of hydrogen-bond acceptors (Lipinski definition) is 4. The summed E-state index contributed by atoms with van der Waals surface area (Å²) in [6.45, 7) is 5.23. The molecule has 1 fully saturated rings. The number of aliphatic hydroxyl groups excluding tert-OH is 1. The quantitative estimate of drug-likeness (QED) is 0.899. The Morgan fingerprint density at radius 3 is 2.62 bits per heavy atom. The second-order valence-corrected chi connectivity index (χ2v) is 7.52. The third-order valence-corrected chi connectivity index (χ3v) is 4.51. The summed E-state index contributed by atoms with van der Waals surface area (Å²) in [7, 11) is 0. The molecule has 1 saturated carbocycles. The summed E-state index contributed by atoms with van der Waals surface area (Å²) < 4.78 is 32.7. The molecule has 1 aliphatic heterocycles. The highest BCUT2D eigenvalue weighted by Crippen LogP contribution is 2.60. The van der Waals surface area contributed by atoms with Gasteiger partial charge in [0.05, 0.1) is 23.7 Å². The number of fused-ring (bicyclic) bond motifs is 1. The van der Waals surface area contributed by atoms with Gasteiger partial charge in [-0.2, -0.15) is 0 Å². The van der Waals surface area contributed by atoms with Gasteiger partial charge in [0, 0.05) is 13.0 Å². The maximum absolute atomic E-state index is 13.7. The third kappa shape index (κ3) is 2.75. The molecule has 1 amide bonds. The molecule has 0 radical (unpaired) electrons. The lowest BCUT2D eigenvalue weighted by Gasteiger charge is -2.31. The lowest BCUT2D eigenvalue weighted by Crippen LogP contribution is -2.40. The standard InChI is InChI=1S/C17H22F2N2O3/c1-15(2,3)24-14(23)21-8-4-5-11-12(21)6-7-13(20-11)16(10-22)9-17(16,18)19/h6-7,22H,4-5,8-10H2,1-3H3. The molecule has 1 N–H and O–H groups in total. The van der Waals surface area contributed by atoms with E-state index in [4.69, 9.17) is 4.74 Å². The maximum Gasteiger partial charge on any atom is 0.414 e. The van der Waals surface area contributed by atoms with Gasteiger partial charge in [-0.15, -0.1) is 0 Å². The fourth-order valence-corrected chi connectivity index (χ4v) is 3.09. The molecule has 1 aromatic rings. The van der Waals surface area contributed by atoms with Crippen LogP contribution in [-0.2, 0) is 16.6 Å². The fraction of sp³-hybridized carbons (Fsp3) is 0.647. The van der Waals surface area contributed by atoms with Crippen molar-refractivity contribution in [3.63, 3.8) is 0 Å². The molecule has 24 heavy (non-hydrogen) atoms. The first-order valence-corrected chi connectivity index (χ1v) is 8.09. The predicted molar refractivity (Wildman–Crippen MR) is 84.5 cm³/mol. The van der Waals surface area contributed by atoms with Crippen LogP contribution in [0.4, 0.5) is 19.3 Å². The number of aliphatic hydroxyl groups is 1. The average molecular weight is 340 g/mol. The largest absolute Gasteiger partial charge is 0.443 e. The first-order chi connectivity index (χ1) is 11.1. The summed E-state index contributed by atoms with van der Waals surface area (Å²) in [6, 6.07) is 3.12. The zero-order valence-electron chi connectivity index (χ0n) is 14.1. The van der Waals surface area contributed by atoms with Crippen molar-refractivity contribution in [2.24, 2.45) is 0 Å². The lowest BCUT2D eigenvalue weighted by atomic mass is 9.99. The number of alkyl halides is 2. The molecular formula is C17H22F2N2O3. The number of nitrogens with zero attached hydrogens (tertiary/aromatic N) is 2. The van der Waals surface area contributed by atoms with Gasteiger partial charge in [-0.3, -0.25) is 9.88 Å². The zero-order valence-corrected chi connectivity index (χ0v) is 14.1. The van der Waals surface area contributed by atoms with Crippen molar-refractivity contribution in [1.29, 1.82) is 0 Å². The lowest BCUT2D eigenvalue weighted by molar-refractivity contribution is 0.0575. The third-order valence-electron chi connectivity index (χ3n) is 4.51. The number of aryl methyl sites for hydroxylation is 1. The molecule has 0 aromatic carbocycles. The van der Waals surface area contributed by atoms with Gasteiger partial charge in [-0.05, 0) is 45.7 Å². The van der Waals surface area contributed by atoms with Gasteiger partial charge in [0.25, 0.3) is 5.92 Å². The van der Waals surface area contributed by atoms with Gasteiger partial charge in [0.2, 0.25) is 0 Å². The summed E-state index contributed by atoms with van der Waals surface area (Å²) in [4.78, 5) is 18.2. The Morgan fingerprint density at radius 2 is 2.08 bits per heavy atom. The molecule has 1 unspecified atom stereocenters. The SMILES string of the molecule is CC(C)(C)OC(=O)N1CCCc2nc(C3(CO)CC3(F)F)ccc21. The minimum Gasteiger partial charge on any atom is -0.443 e. The van der Waals surface area contributed by atoms with Gasteiger partial charge < -0.3 is 9.84 Å². The number of halogens is 2. The normalized spacial score (nSPS) is 25.2. The number of amides is 1. The first kappa shape index (κ1) is 17.1. The zero-order chi connectivity index (χ0) is 17.8. The highest BCUT2D eigenvalue weighted by molar-refractivity contribution is 5.89. The summed E-state index contributed by atoms with van der Waals surface area (Å²) in [5.41, 5.74) is -0.800. The van der Waals surface area contributed by atoms with Crippen LogP contribution < -0.4 is 4.90 Å². The smallest absolute Gasteiger partial charge is 0.414 e. The Morgan fingerprint density at radius 1 is 1.42 bits per heavy atom. The minimum atomic E-state index is -2.93. The molecule has 0 spiro atoms. The number of carbonyl (C=O) groups excluding carboxylic acids is 1. The van der Waals surface area contributed by atoms with E-state index in [0.717, 1.165) is 0 Å². The molecule has 0 saturated heterocycles. The molecular weight excluding hydrogens is 318 g/mol.